The van der Waals surface area contributed by atoms with Crippen LogP contribution in [0.15, 0.2) is 12.4 Å². The molecule has 2 aliphatic rings. The highest BCUT2D eigenvalue weighted by molar-refractivity contribution is 5.97. The van der Waals surface area contributed by atoms with Gasteiger partial charge >= 0.3 is 0 Å². The Hall–Kier alpha value is -1.73. The molecule has 2 saturated heterocycles. The molecule has 0 unspecified atom stereocenters. The van der Waals surface area contributed by atoms with Crippen molar-refractivity contribution in [3.63, 3.8) is 0 Å². The average molecular weight is 334 g/mol. The van der Waals surface area contributed by atoms with E-state index in [1.807, 2.05) is 4.90 Å². The van der Waals surface area contributed by atoms with Gasteiger partial charge in [0.15, 0.2) is 5.78 Å². The number of carbonyl (C=O) groups excluding carboxylic acids is 2. The molecule has 7 nitrogen and oxygen atoms in total. The standard InChI is InChI=1S/C17H26N4O3/c1-13-10-21(12-15(13)20-5-7-24-8-6-20)17(23)4-3-16(22)14-9-18-19(2)11-14/h9,11,13,15H,3-8,10,12H2,1-2H3/t13-,15-/m1/s1. The van der Waals surface area contributed by atoms with Crippen LogP contribution in [0.4, 0.5) is 0 Å². The number of ketones is 1. The zero-order valence-corrected chi connectivity index (χ0v) is 14.5. The first-order valence-electron chi connectivity index (χ1n) is 8.66. The summed E-state index contributed by atoms with van der Waals surface area (Å²) < 4.78 is 7.01. The van der Waals surface area contributed by atoms with Gasteiger partial charge in [0.2, 0.25) is 5.91 Å². The number of ether oxygens (including phenoxy) is 1. The Morgan fingerprint density at radius 1 is 1.25 bits per heavy atom. The summed E-state index contributed by atoms with van der Waals surface area (Å²) in [7, 11) is 1.78. The highest BCUT2D eigenvalue weighted by atomic mass is 16.5. The van der Waals surface area contributed by atoms with E-state index in [0.717, 1.165) is 39.4 Å². The normalized spacial score (nSPS) is 25.2. The Morgan fingerprint density at radius 3 is 2.67 bits per heavy atom. The van der Waals surface area contributed by atoms with Gasteiger partial charge in [-0.3, -0.25) is 19.2 Å². The Morgan fingerprint density at radius 2 is 2.00 bits per heavy atom. The number of morpholine rings is 1. The van der Waals surface area contributed by atoms with Crippen LogP contribution >= 0.6 is 0 Å². The third kappa shape index (κ3) is 3.84. The summed E-state index contributed by atoms with van der Waals surface area (Å²) in [4.78, 5) is 28.9. The Bertz CT molecular complexity index is 594. The van der Waals surface area contributed by atoms with E-state index >= 15 is 0 Å². The molecule has 3 heterocycles. The van der Waals surface area contributed by atoms with Crippen molar-refractivity contribution < 1.29 is 14.3 Å². The molecule has 0 aromatic carbocycles. The van der Waals surface area contributed by atoms with Gasteiger partial charge < -0.3 is 9.64 Å². The van der Waals surface area contributed by atoms with Crippen molar-refractivity contribution in [2.75, 3.05) is 39.4 Å². The number of likely N-dealkylation sites (tertiary alicyclic amines) is 1. The van der Waals surface area contributed by atoms with Gasteiger partial charge in [-0.2, -0.15) is 5.10 Å². The van der Waals surface area contributed by atoms with Gasteiger partial charge in [0.25, 0.3) is 0 Å². The summed E-state index contributed by atoms with van der Waals surface area (Å²) in [6.45, 7) is 7.18. The minimum atomic E-state index is -0.0200. The third-order valence-electron chi connectivity index (χ3n) is 5.03. The lowest BCUT2D eigenvalue weighted by atomic mass is 10.0. The van der Waals surface area contributed by atoms with Gasteiger partial charge in [-0.15, -0.1) is 0 Å². The highest BCUT2D eigenvalue weighted by Crippen LogP contribution is 2.23. The van der Waals surface area contributed by atoms with Crippen LogP contribution in [0.1, 0.15) is 30.1 Å². The molecule has 2 fully saturated rings. The van der Waals surface area contributed by atoms with E-state index in [1.165, 1.54) is 0 Å². The maximum atomic E-state index is 12.5. The van der Waals surface area contributed by atoms with Crippen molar-refractivity contribution in [2.45, 2.75) is 25.8 Å². The first-order chi connectivity index (χ1) is 11.5. The summed E-state index contributed by atoms with van der Waals surface area (Å²) in [5.41, 5.74) is 0.575. The number of amides is 1. The molecule has 132 valence electrons. The minimum absolute atomic E-state index is 0.0200. The molecule has 0 spiro atoms. The molecule has 1 aromatic rings. The van der Waals surface area contributed by atoms with Gasteiger partial charge in [0.1, 0.15) is 0 Å². The van der Waals surface area contributed by atoms with Crippen LogP contribution in [0, 0.1) is 5.92 Å². The second kappa shape index (κ2) is 7.44. The molecule has 0 radical (unpaired) electrons. The number of hydrogen-bond donors (Lipinski definition) is 0. The molecule has 2 atom stereocenters. The van der Waals surface area contributed by atoms with Crippen molar-refractivity contribution in [1.29, 1.82) is 0 Å². The van der Waals surface area contributed by atoms with E-state index in [2.05, 4.69) is 16.9 Å². The predicted molar refractivity (Wildman–Crippen MR) is 88.7 cm³/mol. The zero-order chi connectivity index (χ0) is 17.1. The fraction of sp³-hybridized carbons (Fsp3) is 0.706. The monoisotopic (exact) mass is 334 g/mol. The zero-order valence-electron chi connectivity index (χ0n) is 14.5. The van der Waals surface area contributed by atoms with E-state index in [1.54, 1.807) is 24.1 Å². The third-order valence-corrected chi connectivity index (χ3v) is 5.03. The van der Waals surface area contributed by atoms with Gasteiger partial charge in [-0.25, -0.2) is 0 Å². The molecule has 7 heteroatoms. The van der Waals surface area contributed by atoms with Crippen LogP contribution < -0.4 is 0 Å². The number of rotatable bonds is 5. The smallest absolute Gasteiger partial charge is 0.223 e. The predicted octanol–water partition coefficient (Wildman–Crippen LogP) is 0.562. The van der Waals surface area contributed by atoms with Crippen LogP contribution in [0.2, 0.25) is 0 Å². The number of nitrogens with zero attached hydrogens (tertiary/aromatic N) is 4. The van der Waals surface area contributed by atoms with Crippen molar-refractivity contribution in [2.24, 2.45) is 13.0 Å². The SMILES string of the molecule is C[C@@H]1CN(C(=O)CCC(=O)c2cnn(C)c2)C[C@H]1N1CCOCC1. The van der Waals surface area contributed by atoms with Crippen LogP contribution in [-0.2, 0) is 16.6 Å². The van der Waals surface area contributed by atoms with Gasteiger partial charge in [-0.1, -0.05) is 6.92 Å². The van der Waals surface area contributed by atoms with Gasteiger partial charge in [-0.05, 0) is 5.92 Å². The second-order valence-corrected chi connectivity index (χ2v) is 6.82. The lowest BCUT2D eigenvalue weighted by Gasteiger charge is -2.33. The Balaban J connectivity index is 1.49. The largest absolute Gasteiger partial charge is 0.379 e. The topological polar surface area (TPSA) is 67.7 Å². The fourth-order valence-corrected chi connectivity index (χ4v) is 3.63. The Kier molecular flexibility index (Phi) is 5.30. The van der Waals surface area contributed by atoms with E-state index in [4.69, 9.17) is 4.74 Å². The molecule has 0 aliphatic carbocycles. The average Bonchev–Trinajstić information content (AvgIpc) is 3.19. The van der Waals surface area contributed by atoms with Crippen molar-refractivity contribution in [3.05, 3.63) is 18.0 Å². The molecule has 2 aliphatic heterocycles. The molecule has 1 amide bonds. The van der Waals surface area contributed by atoms with Crippen molar-refractivity contribution in [3.8, 4) is 0 Å². The van der Waals surface area contributed by atoms with E-state index in [9.17, 15) is 9.59 Å². The molecule has 24 heavy (non-hydrogen) atoms. The molecule has 0 saturated carbocycles. The molecular weight excluding hydrogens is 308 g/mol. The lowest BCUT2D eigenvalue weighted by molar-refractivity contribution is -0.130. The number of Topliss-reactive ketones (excluding diaryl/α,β-unsaturated/α-hetero) is 1. The fourth-order valence-electron chi connectivity index (χ4n) is 3.63. The number of carbonyl (C=O) groups is 2. The summed E-state index contributed by atoms with van der Waals surface area (Å²) in [6, 6.07) is 0.409. The van der Waals surface area contributed by atoms with E-state index in [0.29, 0.717) is 17.5 Å². The number of aromatic nitrogens is 2. The maximum Gasteiger partial charge on any atom is 0.223 e. The summed E-state index contributed by atoms with van der Waals surface area (Å²) >= 11 is 0. The summed E-state index contributed by atoms with van der Waals surface area (Å²) in [6.07, 6.45) is 3.77. The first-order valence-corrected chi connectivity index (χ1v) is 8.66. The van der Waals surface area contributed by atoms with Gasteiger partial charge in [0, 0.05) is 58.3 Å². The van der Waals surface area contributed by atoms with Gasteiger partial charge in [0.05, 0.1) is 25.0 Å². The highest BCUT2D eigenvalue weighted by Gasteiger charge is 2.36. The molecule has 3 rings (SSSR count). The van der Waals surface area contributed by atoms with E-state index in [-0.39, 0.29) is 24.5 Å². The number of hydrogen-bond acceptors (Lipinski definition) is 5. The van der Waals surface area contributed by atoms with E-state index < -0.39 is 0 Å². The first kappa shape index (κ1) is 17.1. The molecule has 0 bridgehead atoms. The van der Waals surface area contributed by atoms with Crippen molar-refractivity contribution in [1.82, 2.24) is 19.6 Å². The second-order valence-electron chi connectivity index (χ2n) is 6.82. The van der Waals surface area contributed by atoms with Crippen LogP contribution in [0.5, 0.6) is 0 Å². The number of aryl methyl sites for hydroxylation is 1. The lowest BCUT2D eigenvalue weighted by Crippen LogP contribution is -2.47. The minimum Gasteiger partial charge on any atom is -0.379 e. The Labute approximate surface area is 142 Å². The molecule has 1 aromatic heterocycles. The molecule has 0 N–H and O–H groups in total. The maximum absolute atomic E-state index is 12.5. The summed E-state index contributed by atoms with van der Waals surface area (Å²) in [5.74, 6) is 0.518. The molecular formula is C17H26N4O3. The van der Waals surface area contributed by atoms with Crippen molar-refractivity contribution >= 4 is 11.7 Å². The summed E-state index contributed by atoms with van der Waals surface area (Å²) in [5, 5.41) is 4.00. The van der Waals surface area contributed by atoms with Crippen LogP contribution in [0.25, 0.3) is 0 Å². The van der Waals surface area contributed by atoms with Crippen LogP contribution in [-0.4, -0.2) is 76.7 Å². The van der Waals surface area contributed by atoms with Crippen LogP contribution in [0.3, 0.4) is 0 Å². The quantitative estimate of drug-likeness (QED) is 0.736.